The van der Waals surface area contributed by atoms with E-state index in [9.17, 15) is 8.42 Å². The third kappa shape index (κ3) is 13.1. The lowest BCUT2D eigenvalue weighted by molar-refractivity contribution is -0.694. The first kappa shape index (κ1) is 37.6. The zero-order chi connectivity index (χ0) is 33.0. The van der Waals surface area contributed by atoms with Crippen molar-refractivity contribution in [3.63, 3.8) is 0 Å². The number of ether oxygens (including phenoxy) is 2. The summed E-state index contributed by atoms with van der Waals surface area (Å²) in [5, 5.41) is 0. The van der Waals surface area contributed by atoms with Crippen molar-refractivity contribution < 1.29 is 22.5 Å². The predicted molar refractivity (Wildman–Crippen MR) is 189 cm³/mol. The minimum atomic E-state index is -3.75. The van der Waals surface area contributed by atoms with Gasteiger partial charge in [0, 0.05) is 24.7 Å². The van der Waals surface area contributed by atoms with E-state index in [1.165, 1.54) is 87.8 Å². The van der Waals surface area contributed by atoms with Crippen LogP contribution in [0, 0.1) is 6.92 Å². The lowest BCUT2D eigenvalue weighted by atomic mass is 10.0. The highest BCUT2D eigenvalue weighted by Crippen LogP contribution is 2.30. The largest absolute Gasteiger partial charge is 0.493 e. The zero-order valence-corrected chi connectivity index (χ0v) is 29.8. The summed E-state index contributed by atoms with van der Waals surface area (Å²) in [5.41, 5.74) is 2.79. The van der Waals surface area contributed by atoms with E-state index in [1.54, 1.807) is 19.2 Å². The third-order valence-electron chi connectivity index (χ3n) is 8.64. The van der Waals surface area contributed by atoms with E-state index in [4.69, 9.17) is 9.47 Å². The summed E-state index contributed by atoms with van der Waals surface area (Å²) in [4.78, 5) is 0.289. The molecule has 0 aliphatic rings. The quantitative estimate of drug-likeness (QED) is 0.0715. The molecule has 254 valence electrons. The minimum Gasteiger partial charge on any atom is -0.493 e. The van der Waals surface area contributed by atoms with Gasteiger partial charge in [-0.05, 0) is 56.2 Å². The molecule has 0 atom stereocenters. The van der Waals surface area contributed by atoms with Crippen LogP contribution in [0.4, 0.5) is 0 Å². The summed E-state index contributed by atoms with van der Waals surface area (Å²) < 4.78 is 43.1. The first-order valence-electron chi connectivity index (χ1n) is 17.7. The van der Waals surface area contributed by atoms with Crippen LogP contribution in [0.5, 0.6) is 11.5 Å². The van der Waals surface area contributed by atoms with Crippen molar-refractivity contribution >= 4 is 10.0 Å². The molecule has 46 heavy (non-hydrogen) atoms. The van der Waals surface area contributed by atoms with E-state index in [-0.39, 0.29) is 18.0 Å². The summed E-state index contributed by atoms with van der Waals surface area (Å²) in [6.45, 7) is 8.24. The highest BCUT2D eigenvalue weighted by atomic mass is 32.2. The van der Waals surface area contributed by atoms with Crippen LogP contribution < -0.4 is 14.0 Å². The molecule has 0 bridgehead atoms. The van der Waals surface area contributed by atoms with Gasteiger partial charge in [-0.1, -0.05) is 114 Å². The Morgan fingerprint density at radius 1 is 0.696 bits per heavy atom. The molecule has 0 fully saturated rings. The van der Waals surface area contributed by atoms with E-state index in [1.807, 2.05) is 61.8 Å². The molecule has 1 aromatic heterocycles. The normalized spacial score (nSPS) is 11.7. The second kappa shape index (κ2) is 21.1. The SMILES string of the molecule is CCCCCCCCCCCCCCCCOc1ccc(CN(Cc2ccc[n+](CC)c2)S(=O)(=O)c2ccc(C)cc2)cc1OC. The van der Waals surface area contributed by atoms with Gasteiger partial charge in [0.1, 0.15) is 6.54 Å². The van der Waals surface area contributed by atoms with Gasteiger partial charge in [-0.3, -0.25) is 0 Å². The fourth-order valence-corrected chi connectivity index (χ4v) is 7.18. The smallest absolute Gasteiger partial charge is 0.243 e. The molecule has 0 aliphatic heterocycles. The fourth-order valence-electron chi connectivity index (χ4n) is 5.77. The van der Waals surface area contributed by atoms with Crippen molar-refractivity contribution in [3.8, 4) is 11.5 Å². The van der Waals surface area contributed by atoms with Crippen LogP contribution >= 0.6 is 0 Å². The highest BCUT2D eigenvalue weighted by Gasteiger charge is 2.26. The molecule has 2 aromatic carbocycles. The number of aryl methyl sites for hydroxylation is 2. The number of nitrogens with zero attached hydrogens (tertiary/aromatic N) is 2. The maximum atomic E-state index is 13.9. The van der Waals surface area contributed by atoms with Gasteiger partial charge in [-0.2, -0.15) is 4.31 Å². The van der Waals surface area contributed by atoms with Crippen molar-refractivity contribution in [2.24, 2.45) is 0 Å². The molecule has 0 spiro atoms. The summed E-state index contributed by atoms with van der Waals surface area (Å²) >= 11 is 0. The number of aromatic nitrogens is 1. The Labute approximate surface area is 280 Å². The van der Waals surface area contributed by atoms with E-state index in [0.29, 0.717) is 18.1 Å². The van der Waals surface area contributed by atoms with E-state index < -0.39 is 10.0 Å². The van der Waals surface area contributed by atoms with Crippen LogP contribution in [-0.2, 0) is 29.7 Å². The van der Waals surface area contributed by atoms with E-state index in [2.05, 4.69) is 18.4 Å². The Kier molecular flexibility index (Phi) is 17.2. The molecular formula is C39H59N2O4S+. The van der Waals surface area contributed by atoms with Crippen LogP contribution in [0.2, 0.25) is 0 Å². The molecule has 3 aromatic rings. The molecule has 1 heterocycles. The Bertz CT molecular complexity index is 1370. The Morgan fingerprint density at radius 2 is 1.28 bits per heavy atom. The molecular weight excluding hydrogens is 593 g/mol. The number of hydrogen-bond acceptors (Lipinski definition) is 4. The molecule has 0 radical (unpaired) electrons. The van der Waals surface area contributed by atoms with Crippen LogP contribution in [0.25, 0.3) is 0 Å². The van der Waals surface area contributed by atoms with Crippen LogP contribution in [0.3, 0.4) is 0 Å². The fraction of sp³-hybridized carbons (Fsp3) is 0.564. The van der Waals surface area contributed by atoms with Gasteiger partial charge >= 0.3 is 0 Å². The number of sulfonamides is 1. The van der Waals surface area contributed by atoms with Crippen molar-refractivity contribution in [2.75, 3.05) is 13.7 Å². The maximum Gasteiger partial charge on any atom is 0.243 e. The Morgan fingerprint density at radius 3 is 1.87 bits per heavy atom. The monoisotopic (exact) mass is 651 g/mol. The van der Waals surface area contributed by atoms with Gasteiger partial charge in [0.25, 0.3) is 0 Å². The third-order valence-corrected chi connectivity index (χ3v) is 10.5. The molecule has 0 aliphatic carbocycles. The summed E-state index contributed by atoms with van der Waals surface area (Å²) in [6.07, 6.45) is 22.6. The van der Waals surface area contributed by atoms with Gasteiger partial charge in [-0.25, -0.2) is 13.0 Å². The molecule has 0 unspecified atom stereocenters. The number of pyridine rings is 1. The average Bonchev–Trinajstić information content (AvgIpc) is 3.06. The highest BCUT2D eigenvalue weighted by molar-refractivity contribution is 7.89. The summed E-state index contributed by atoms with van der Waals surface area (Å²) in [7, 11) is -2.12. The van der Waals surface area contributed by atoms with Crippen molar-refractivity contribution in [1.29, 1.82) is 0 Å². The molecule has 0 amide bonds. The standard InChI is InChI=1S/C39H59N2O4S/c1-5-7-8-9-10-11-12-13-14-15-16-17-18-19-29-45-38-27-24-35(30-39(38)44-4)32-41(33-36-21-20-28-40(6-2)31-36)46(42,43)37-25-22-34(3)23-26-37/h20-28,30-31H,5-19,29,32-33H2,1-4H3/q+1. The maximum absolute atomic E-state index is 13.9. The van der Waals surface area contributed by atoms with Crippen LogP contribution in [0.1, 0.15) is 120 Å². The summed E-state index contributed by atoms with van der Waals surface area (Å²) in [6, 6.07) is 16.7. The van der Waals surface area contributed by atoms with Crippen molar-refractivity contribution in [1.82, 2.24) is 4.31 Å². The number of hydrogen-bond donors (Lipinski definition) is 0. The molecule has 3 rings (SSSR count). The lowest BCUT2D eigenvalue weighted by Gasteiger charge is -2.23. The van der Waals surface area contributed by atoms with Crippen molar-refractivity contribution in [3.05, 3.63) is 83.7 Å². The second-order valence-corrected chi connectivity index (χ2v) is 14.5. The van der Waals surface area contributed by atoms with E-state index >= 15 is 0 Å². The van der Waals surface area contributed by atoms with Gasteiger partial charge in [0.15, 0.2) is 23.9 Å². The Balaban J connectivity index is 1.49. The summed E-state index contributed by atoms with van der Waals surface area (Å²) in [5.74, 6) is 1.32. The first-order valence-corrected chi connectivity index (χ1v) is 19.2. The van der Waals surface area contributed by atoms with Gasteiger partial charge in [0.05, 0.1) is 18.6 Å². The van der Waals surface area contributed by atoms with Gasteiger partial charge in [0.2, 0.25) is 10.0 Å². The number of benzene rings is 2. The second-order valence-electron chi connectivity index (χ2n) is 12.6. The molecule has 7 heteroatoms. The van der Waals surface area contributed by atoms with Gasteiger partial charge in [-0.15, -0.1) is 0 Å². The van der Waals surface area contributed by atoms with Crippen LogP contribution in [-0.4, -0.2) is 26.4 Å². The predicted octanol–water partition coefficient (Wildman–Crippen LogP) is 9.56. The number of unbranched alkanes of at least 4 members (excludes halogenated alkanes) is 13. The Hall–Kier alpha value is -2.90. The first-order chi connectivity index (χ1) is 22.4. The molecule has 0 saturated carbocycles. The topological polar surface area (TPSA) is 59.7 Å². The number of rotatable bonds is 24. The molecule has 0 saturated heterocycles. The van der Waals surface area contributed by atoms with Crippen LogP contribution in [0.15, 0.2) is 71.9 Å². The molecule has 6 nitrogen and oxygen atoms in total. The zero-order valence-electron chi connectivity index (χ0n) is 29.0. The minimum absolute atomic E-state index is 0.215. The lowest BCUT2D eigenvalue weighted by Crippen LogP contribution is -2.34. The van der Waals surface area contributed by atoms with E-state index in [0.717, 1.165) is 29.7 Å². The molecule has 0 N–H and O–H groups in total. The van der Waals surface area contributed by atoms with Crippen molar-refractivity contribution in [2.45, 2.75) is 135 Å². The van der Waals surface area contributed by atoms with Gasteiger partial charge < -0.3 is 9.47 Å². The average molecular weight is 652 g/mol. The number of methoxy groups -OCH3 is 1.